The summed E-state index contributed by atoms with van der Waals surface area (Å²) >= 11 is 0. The van der Waals surface area contributed by atoms with Crippen molar-refractivity contribution in [3.05, 3.63) is 78.0 Å². The van der Waals surface area contributed by atoms with Crippen LogP contribution < -0.4 is 5.32 Å². The van der Waals surface area contributed by atoms with Crippen LogP contribution in [-0.4, -0.2) is 17.0 Å². The Morgan fingerprint density at radius 2 is 1.62 bits per heavy atom. The third kappa shape index (κ3) is 3.88. The fourth-order valence-corrected chi connectivity index (χ4v) is 3.14. The van der Waals surface area contributed by atoms with Crippen molar-refractivity contribution in [1.82, 2.24) is 9.88 Å². The Hall–Kier alpha value is -2.81. The first kappa shape index (κ1) is 18.0. The number of carbonyl (C=O) groups excluding carboxylic acids is 1. The van der Waals surface area contributed by atoms with Gasteiger partial charge in [-0.2, -0.15) is 0 Å². The summed E-state index contributed by atoms with van der Waals surface area (Å²) in [5.74, 6) is 0.570. The number of nitrogens with one attached hydrogen (secondary N) is 1. The average Bonchev–Trinajstić information content (AvgIpc) is 3.00. The van der Waals surface area contributed by atoms with Crippen LogP contribution in [0.15, 0.2) is 66.7 Å². The lowest BCUT2D eigenvalue weighted by atomic mass is 10.1. The smallest absolute Gasteiger partial charge is 0.253 e. The molecule has 3 aromatic rings. The van der Waals surface area contributed by atoms with Gasteiger partial charge in [0.2, 0.25) is 0 Å². The van der Waals surface area contributed by atoms with Crippen LogP contribution in [-0.2, 0) is 0 Å². The zero-order valence-corrected chi connectivity index (χ0v) is 15.7. The minimum Gasteiger partial charge on any atom is -0.352 e. The predicted molar refractivity (Wildman–Crippen MR) is 108 cm³/mol. The lowest BCUT2D eigenvalue weighted by Gasteiger charge is -2.12. The SMILES string of the molecule is Cc1c(C(=O)NCCC(C)C)cc(-c2ccccc2)n1-c1ccccc1. The van der Waals surface area contributed by atoms with Crippen LogP contribution in [0.25, 0.3) is 16.9 Å². The van der Waals surface area contributed by atoms with Crippen molar-refractivity contribution in [2.45, 2.75) is 27.2 Å². The number of hydrogen-bond donors (Lipinski definition) is 1. The number of carbonyl (C=O) groups is 1. The zero-order chi connectivity index (χ0) is 18.5. The Balaban J connectivity index is 2.02. The maximum absolute atomic E-state index is 12.8. The van der Waals surface area contributed by atoms with E-state index in [1.807, 2.05) is 49.4 Å². The molecule has 1 heterocycles. The van der Waals surface area contributed by atoms with Gasteiger partial charge in [-0.05, 0) is 43.0 Å². The minimum atomic E-state index is -0.00462. The van der Waals surface area contributed by atoms with Gasteiger partial charge in [0.25, 0.3) is 5.91 Å². The first-order valence-electron chi connectivity index (χ1n) is 9.19. The van der Waals surface area contributed by atoms with Gasteiger partial charge in [-0.15, -0.1) is 0 Å². The van der Waals surface area contributed by atoms with E-state index in [1.165, 1.54) is 0 Å². The van der Waals surface area contributed by atoms with Gasteiger partial charge in [-0.1, -0.05) is 62.4 Å². The highest BCUT2D eigenvalue weighted by Gasteiger charge is 2.19. The molecule has 0 saturated carbocycles. The van der Waals surface area contributed by atoms with Crippen molar-refractivity contribution in [1.29, 1.82) is 0 Å². The summed E-state index contributed by atoms with van der Waals surface area (Å²) in [5.41, 5.74) is 4.88. The van der Waals surface area contributed by atoms with Crippen LogP contribution in [0.2, 0.25) is 0 Å². The lowest BCUT2D eigenvalue weighted by Crippen LogP contribution is -2.25. The van der Waals surface area contributed by atoms with Gasteiger partial charge in [0.05, 0.1) is 11.3 Å². The second-order valence-electron chi connectivity index (χ2n) is 7.00. The van der Waals surface area contributed by atoms with Crippen LogP contribution in [0.4, 0.5) is 0 Å². The summed E-state index contributed by atoms with van der Waals surface area (Å²) in [7, 11) is 0. The Morgan fingerprint density at radius 1 is 1.00 bits per heavy atom. The number of nitrogens with zero attached hydrogens (tertiary/aromatic N) is 1. The zero-order valence-electron chi connectivity index (χ0n) is 15.7. The molecule has 134 valence electrons. The van der Waals surface area contributed by atoms with Gasteiger partial charge in [0, 0.05) is 17.9 Å². The first-order valence-corrected chi connectivity index (χ1v) is 9.19. The summed E-state index contributed by atoms with van der Waals surface area (Å²) in [5, 5.41) is 3.06. The van der Waals surface area contributed by atoms with Crippen LogP contribution >= 0.6 is 0 Å². The Morgan fingerprint density at radius 3 is 2.23 bits per heavy atom. The van der Waals surface area contributed by atoms with Crippen LogP contribution in [0, 0.1) is 12.8 Å². The molecule has 1 aromatic heterocycles. The number of amides is 1. The molecule has 0 radical (unpaired) electrons. The average molecular weight is 346 g/mol. The van der Waals surface area contributed by atoms with Crippen molar-refractivity contribution < 1.29 is 4.79 Å². The molecule has 1 N–H and O–H groups in total. The molecule has 0 bridgehead atoms. The molecule has 0 atom stereocenters. The first-order chi connectivity index (χ1) is 12.6. The van der Waals surface area contributed by atoms with Crippen molar-refractivity contribution in [3.8, 4) is 16.9 Å². The van der Waals surface area contributed by atoms with Gasteiger partial charge in [-0.25, -0.2) is 0 Å². The monoisotopic (exact) mass is 346 g/mol. The quantitative estimate of drug-likeness (QED) is 0.651. The summed E-state index contributed by atoms with van der Waals surface area (Å²) in [6.45, 7) is 7.04. The van der Waals surface area contributed by atoms with E-state index in [1.54, 1.807) is 0 Å². The standard InChI is InChI=1S/C23H26N2O/c1-17(2)14-15-24-23(26)21-16-22(19-10-6-4-7-11-19)25(18(21)3)20-12-8-5-9-13-20/h4-13,16-17H,14-15H2,1-3H3,(H,24,26). The maximum atomic E-state index is 12.8. The minimum absolute atomic E-state index is 0.00462. The van der Waals surface area contributed by atoms with Gasteiger partial charge < -0.3 is 9.88 Å². The second kappa shape index (κ2) is 8.05. The largest absolute Gasteiger partial charge is 0.352 e. The van der Waals surface area contributed by atoms with Gasteiger partial charge in [0.15, 0.2) is 0 Å². The molecular weight excluding hydrogens is 320 g/mol. The Kier molecular flexibility index (Phi) is 5.57. The van der Waals surface area contributed by atoms with Crippen LogP contribution in [0.3, 0.4) is 0 Å². The van der Waals surface area contributed by atoms with E-state index >= 15 is 0 Å². The fourth-order valence-electron chi connectivity index (χ4n) is 3.14. The molecule has 3 heteroatoms. The topological polar surface area (TPSA) is 34.0 Å². The molecule has 0 spiro atoms. The summed E-state index contributed by atoms with van der Waals surface area (Å²) in [4.78, 5) is 12.8. The van der Waals surface area contributed by atoms with Crippen LogP contribution in [0.1, 0.15) is 36.3 Å². The van der Waals surface area contributed by atoms with E-state index in [0.717, 1.165) is 34.6 Å². The molecular formula is C23H26N2O. The van der Waals surface area contributed by atoms with Crippen molar-refractivity contribution in [3.63, 3.8) is 0 Å². The molecule has 3 rings (SSSR count). The van der Waals surface area contributed by atoms with Gasteiger partial charge in [0.1, 0.15) is 0 Å². The molecule has 2 aromatic carbocycles. The van der Waals surface area contributed by atoms with Crippen molar-refractivity contribution in [2.75, 3.05) is 6.54 Å². The van der Waals surface area contributed by atoms with Gasteiger partial charge >= 0.3 is 0 Å². The normalized spacial score (nSPS) is 10.9. The van der Waals surface area contributed by atoms with E-state index in [9.17, 15) is 4.79 Å². The van der Waals surface area contributed by atoms with Crippen molar-refractivity contribution >= 4 is 5.91 Å². The summed E-state index contributed by atoms with van der Waals surface area (Å²) in [6.07, 6.45) is 0.982. The summed E-state index contributed by atoms with van der Waals surface area (Å²) < 4.78 is 2.16. The summed E-state index contributed by atoms with van der Waals surface area (Å²) in [6, 6.07) is 22.4. The molecule has 0 unspecified atom stereocenters. The maximum Gasteiger partial charge on any atom is 0.253 e. The highest BCUT2D eigenvalue weighted by Crippen LogP contribution is 2.29. The predicted octanol–water partition coefficient (Wildman–Crippen LogP) is 5.23. The third-order valence-electron chi connectivity index (χ3n) is 4.58. The van der Waals surface area contributed by atoms with E-state index in [4.69, 9.17) is 0 Å². The molecule has 1 amide bonds. The van der Waals surface area contributed by atoms with E-state index < -0.39 is 0 Å². The second-order valence-corrected chi connectivity index (χ2v) is 7.00. The number of aromatic nitrogens is 1. The molecule has 0 aliphatic carbocycles. The number of benzene rings is 2. The molecule has 0 fully saturated rings. The fraction of sp³-hybridized carbons (Fsp3) is 0.261. The van der Waals surface area contributed by atoms with E-state index in [0.29, 0.717) is 12.5 Å². The number of hydrogen-bond acceptors (Lipinski definition) is 1. The number of rotatable bonds is 6. The molecule has 0 aliphatic heterocycles. The van der Waals surface area contributed by atoms with E-state index in [-0.39, 0.29) is 5.91 Å². The molecule has 0 saturated heterocycles. The molecule has 26 heavy (non-hydrogen) atoms. The van der Waals surface area contributed by atoms with Crippen LogP contribution in [0.5, 0.6) is 0 Å². The highest BCUT2D eigenvalue weighted by atomic mass is 16.1. The molecule has 3 nitrogen and oxygen atoms in total. The van der Waals surface area contributed by atoms with E-state index in [2.05, 4.69) is 48.0 Å². The van der Waals surface area contributed by atoms with Gasteiger partial charge in [-0.3, -0.25) is 4.79 Å². The Bertz CT molecular complexity index is 864. The Labute approximate surface area is 155 Å². The highest BCUT2D eigenvalue weighted by molar-refractivity contribution is 5.97. The molecule has 0 aliphatic rings. The lowest BCUT2D eigenvalue weighted by molar-refractivity contribution is 0.0951. The van der Waals surface area contributed by atoms with Crippen molar-refractivity contribution in [2.24, 2.45) is 5.92 Å². The number of para-hydroxylation sites is 1. The third-order valence-corrected chi connectivity index (χ3v) is 4.58.